The predicted molar refractivity (Wildman–Crippen MR) is 68.5 cm³/mol. The second kappa shape index (κ2) is 5.42. The van der Waals surface area contributed by atoms with Crippen LogP contribution in [0, 0.1) is 0 Å². The average molecular weight is 261 g/mol. The van der Waals surface area contributed by atoms with Crippen LogP contribution < -0.4 is 10.6 Å². The van der Waals surface area contributed by atoms with Crippen LogP contribution in [0.15, 0.2) is 18.7 Å². The summed E-state index contributed by atoms with van der Waals surface area (Å²) in [5.74, 6) is 0.908. The van der Waals surface area contributed by atoms with Crippen LogP contribution in [0.1, 0.15) is 29.3 Å². The zero-order valence-electron chi connectivity index (χ0n) is 11.0. The first-order valence-electron chi connectivity index (χ1n) is 5.76. The summed E-state index contributed by atoms with van der Waals surface area (Å²) in [6.45, 7) is 1.83. The number of aromatic nitrogens is 5. The second-order valence-corrected chi connectivity index (χ2v) is 4.03. The molecule has 1 amide bonds. The standard InChI is InChI=1S/C11H15N7O/c1-7(10-17-14-6-18(10)3)15-11(19)8-4-13-5-9(12-2)16-8/h4-7H,1-3H3,(H,12,16)(H,15,19). The molecule has 2 rings (SSSR count). The summed E-state index contributed by atoms with van der Waals surface area (Å²) in [5.41, 5.74) is 0.251. The molecule has 0 saturated carbocycles. The third kappa shape index (κ3) is 2.84. The Balaban J connectivity index is 2.10. The molecule has 0 bridgehead atoms. The highest BCUT2D eigenvalue weighted by Gasteiger charge is 2.16. The molecule has 2 aromatic rings. The Kier molecular flexibility index (Phi) is 3.69. The smallest absolute Gasteiger partial charge is 0.272 e. The van der Waals surface area contributed by atoms with E-state index in [0.717, 1.165) is 0 Å². The SMILES string of the molecule is CNc1cncc(C(=O)NC(C)c2nncn2C)n1. The fourth-order valence-corrected chi connectivity index (χ4v) is 1.62. The molecule has 0 fully saturated rings. The van der Waals surface area contributed by atoms with Gasteiger partial charge in [0.15, 0.2) is 5.82 Å². The maximum atomic E-state index is 12.0. The summed E-state index contributed by atoms with van der Waals surface area (Å²) in [6, 6.07) is -0.264. The van der Waals surface area contributed by atoms with Crippen LogP contribution in [0.4, 0.5) is 5.82 Å². The molecule has 0 radical (unpaired) electrons. The molecule has 2 N–H and O–H groups in total. The first-order valence-corrected chi connectivity index (χ1v) is 5.76. The molecule has 0 aliphatic rings. The van der Waals surface area contributed by atoms with Gasteiger partial charge in [-0.15, -0.1) is 10.2 Å². The summed E-state index contributed by atoms with van der Waals surface area (Å²) in [6.07, 6.45) is 4.54. The number of nitrogens with zero attached hydrogens (tertiary/aromatic N) is 5. The van der Waals surface area contributed by atoms with Gasteiger partial charge in [-0.25, -0.2) is 4.98 Å². The Labute approximate surface area is 110 Å². The molecule has 0 saturated heterocycles. The molecular weight excluding hydrogens is 246 g/mol. The first kappa shape index (κ1) is 12.9. The van der Waals surface area contributed by atoms with Crippen LogP contribution >= 0.6 is 0 Å². The molecule has 19 heavy (non-hydrogen) atoms. The minimum atomic E-state index is -0.305. The van der Waals surface area contributed by atoms with E-state index in [1.165, 1.54) is 6.20 Å². The van der Waals surface area contributed by atoms with E-state index in [1.807, 2.05) is 14.0 Å². The fourth-order valence-electron chi connectivity index (χ4n) is 1.62. The number of nitrogens with one attached hydrogen (secondary N) is 2. The lowest BCUT2D eigenvalue weighted by Gasteiger charge is -2.12. The zero-order chi connectivity index (χ0) is 13.8. The maximum absolute atomic E-state index is 12.0. The first-order chi connectivity index (χ1) is 9.11. The van der Waals surface area contributed by atoms with E-state index < -0.39 is 0 Å². The van der Waals surface area contributed by atoms with Crippen LogP contribution in [0.25, 0.3) is 0 Å². The number of rotatable bonds is 4. The number of aryl methyl sites for hydroxylation is 1. The Morgan fingerprint density at radius 3 is 2.84 bits per heavy atom. The van der Waals surface area contributed by atoms with E-state index in [9.17, 15) is 4.79 Å². The van der Waals surface area contributed by atoms with Crippen molar-refractivity contribution in [1.82, 2.24) is 30.0 Å². The summed E-state index contributed by atoms with van der Waals surface area (Å²) < 4.78 is 1.75. The van der Waals surface area contributed by atoms with Gasteiger partial charge in [-0.1, -0.05) is 0 Å². The van der Waals surface area contributed by atoms with Crippen LogP contribution in [0.2, 0.25) is 0 Å². The zero-order valence-corrected chi connectivity index (χ0v) is 11.0. The Morgan fingerprint density at radius 2 is 2.21 bits per heavy atom. The number of amides is 1. The Hall–Kier alpha value is -2.51. The third-order valence-corrected chi connectivity index (χ3v) is 2.60. The largest absolute Gasteiger partial charge is 0.372 e. The van der Waals surface area contributed by atoms with Gasteiger partial charge >= 0.3 is 0 Å². The van der Waals surface area contributed by atoms with Gasteiger partial charge in [-0.05, 0) is 6.92 Å². The van der Waals surface area contributed by atoms with Crippen molar-refractivity contribution in [3.63, 3.8) is 0 Å². The number of carbonyl (C=O) groups is 1. The lowest BCUT2D eigenvalue weighted by atomic mass is 10.3. The van der Waals surface area contributed by atoms with Crippen molar-refractivity contribution in [2.75, 3.05) is 12.4 Å². The quantitative estimate of drug-likeness (QED) is 0.812. The maximum Gasteiger partial charge on any atom is 0.272 e. The molecule has 0 aliphatic carbocycles. The van der Waals surface area contributed by atoms with Crippen LogP contribution in [-0.4, -0.2) is 37.7 Å². The van der Waals surface area contributed by atoms with Crippen molar-refractivity contribution in [2.45, 2.75) is 13.0 Å². The van der Waals surface area contributed by atoms with Gasteiger partial charge in [0.25, 0.3) is 5.91 Å². The van der Waals surface area contributed by atoms with Gasteiger partial charge in [0, 0.05) is 14.1 Å². The van der Waals surface area contributed by atoms with Crippen molar-refractivity contribution in [3.8, 4) is 0 Å². The lowest BCUT2D eigenvalue weighted by Crippen LogP contribution is -2.29. The Morgan fingerprint density at radius 1 is 1.42 bits per heavy atom. The van der Waals surface area contributed by atoms with Gasteiger partial charge in [0.05, 0.1) is 18.4 Å². The molecule has 0 aromatic carbocycles. The molecule has 2 aromatic heterocycles. The summed E-state index contributed by atoms with van der Waals surface area (Å²) in [4.78, 5) is 20.1. The fraction of sp³-hybridized carbons (Fsp3) is 0.364. The number of carbonyl (C=O) groups excluding carboxylic acids is 1. The van der Waals surface area contributed by atoms with E-state index >= 15 is 0 Å². The minimum Gasteiger partial charge on any atom is -0.372 e. The summed E-state index contributed by atoms with van der Waals surface area (Å²) in [7, 11) is 3.54. The monoisotopic (exact) mass is 261 g/mol. The van der Waals surface area contributed by atoms with Gasteiger partial charge in [0.2, 0.25) is 0 Å². The minimum absolute atomic E-state index is 0.251. The van der Waals surface area contributed by atoms with E-state index in [1.54, 1.807) is 24.1 Å². The van der Waals surface area contributed by atoms with Crippen LogP contribution in [0.5, 0.6) is 0 Å². The van der Waals surface area contributed by atoms with Gasteiger partial charge in [0.1, 0.15) is 17.8 Å². The molecule has 0 spiro atoms. The summed E-state index contributed by atoms with van der Waals surface area (Å²) in [5, 5.41) is 13.4. The summed E-state index contributed by atoms with van der Waals surface area (Å²) >= 11 is 0. The van der Waals surface area contributed by atoms with Gasteiger partial charge in [-0.2, -0.15) is 0 Å². The number of hydrogen-bond donors (Lipinski definition) is 2. The van der Waals surface area contributed by atoms with Crippen LogP contribution in [0.3, 0.4) is 0 Å². The van der Waals surface area contributed by atoms with Gasteiger partial charge in [-0.3, -0.25) is 9.78 Å². The van der Waals surface area contributed by atoms with Crippen molar-refractivity contribution >= 4 is 11.7 Å². The molecule has 8 nitrogen and oxygen atoms in total. The van der Waals surface area contributed by atoms with Crippen molar-refractivity contribution in [2.24, 2.45) is 7.05 Å². The molecule has 8 heteroatoms. The predicted octanol–water partition coefficient (Wildman–Crippen LogP) is 0.138. The van der Waals surface area contributed by atoms with Crippen molar-refractivity contribution in [3.05, 3.63) is 30.2 Å². The normalized spacial score (nSPS) is 11.9. The van der Waals surface area contributed by atoms with E-state index in [-0.39, 0.29) is 17.6 Å². The van der Waals surface area contributed by atoms with Crippen LogP contribution in [-0.2, 0) is 7.05 Å². The van der Waals surface area contributed by atoms with Gasteiger partial charge < -0.3 is 15.2 Å². The second-order valence-electron chi connectivity index (χ2n) is 4.03. The molecule has 1 atom stereocenters. The molecule has 2 heterocycles. The van der Waals surface area contributed by atoms with E-state index in [2.05, 4.69) is 30.8 Å². The van der Waals surface area contributed by atoms with E-state index in [0.29, 0.717) is 11.6 Å². The molecular formula is C11H15N7O. The molecule has 0 aliphatic heterocycles. The average Bonchev–Trinajstić information content (AvgIpc) is 2.85. The highest BCUT2D eigenvalue weighted by molar-refractivity contribution is 5.92. The molecule has 1 unspecified atom stereocenters. The number of hydrogen-bond acceptors (Lipinski definition) is 6. The van der Waals surface area contributed by atoms with Crippen molar-refractivity contribution < 1.29 is 4.79 Å². The number of anilines is 1. The van der Waals surface area contributed by atoms with E-state index in [4.69, 9.17) is 0 Å². The lowest BCUT2D eigenvalue weighted by molar-refractivity contribution is 0.0932. The Bertz CT molecular complexity index is 580. The topological polar surface area (TPSA) is 97.6 Å². The third-order valence-electron chi connectivity index (χ3n) is 2.60. The molecule has 100 valence electrons. The highest BCUT2D eigenvalue weighted by Crippen LogP contribution is 2.08. The van der Waals surface area contributed by atoms with Crippen molar-refractivity contribution in [1.29, 1.82) is 0 Å². The highest BCUT2D eigenvalue weighted by atomic mass is 16.2.